The molecule has 0 aliphatic heterocycles. The zero-order valence-corrected chi connectivity index (χ0v) is 28.7. The second-order valence-electron chi connectivity index (χ2n) is 14.8. The van der Waals surface area contributed by atoms with E-state index >= 15 is 0 Å². The summed E-state index contributed by atoms with van der Waals surface area (Å²) in [6.45, 7) is 4.70. The Morgan fingerprint density at radius 2 is 1.22 bits per heavy atom. The molecular formula is C49H35NO. The first kappa shape index (κ1) is 28.7. The highest BCUT2D eigenvalue weighted by atomic mass is 16.3. The van der Waals surface area contributed by atoms with Crippen LogP contribution in [0.4, 0.5) is 11.4 Å². The minimum Gasteiger partial charge on any atom is -0.455 e. The maximum absolute atomic E-state index is 6.69. The fraction of sp³-hybridized carbons (Fsp3) is 0.102. The zero-order chi connectivity index (χ0) is 33.8. The van der Waals surface area contributed by atoms with Crippen LogP contribution in [0.5, 0.6) is 0 Å². The van der Waals surface area contributed by atoms with E-state index in [0.29, 0.717) is 5.92 Å². The molecule has 1 heterocycles. The van der Waals surface area contributed by atoms with E-state index in [1.54, 1.807) is 0 Å². The van der Waals surface area contributed by atoms with Gasteiger partial charge in [-0.25, -0.2) is 0 Å². The number of hydrogen-bond acceptors (Lipinski definition) is 2. The van der Waals surface area contributed by atoms with Crippen LogP contribution in [-0.2, 0) is 5.41 Å². The third kappa shape index (κ3) is 3.99. The molecule has 242 valence electrons. The van der Waals surface area contributed by atoms with Crippen molar-refractivity contribution in [3.63, 3.8) is 0 Å². The number of para-hydroxylation sites is 1. The van der Waals surface area contributed by atoms with E-state index in [2.05, 4.69) is 177 Å². The van der Waals surface area contributed by atoms with Crippen molar-refractivity contribution in [3.8, 4) is 11.1 Å². The first-order chi connectivity index (χ1) is 25.1. The smallest absolute Gasteiger partial charge is 0.143 e. The summed E-state index contributed by atoms with van der Waals surface area (Å²) in [4.78, 5) is 2.49. The summed E-state index contributed by atoms with van der Waals surface area (Å²) in [5.74, 6) is 0.354. The average molecular weight is 654 g/mol. The van der Waals surface area contributed by atoms with Crippen LogP contribution in [0, 0.1) is 5.92 Å². The van der Waals surface area contributed by atoms with E-state index in [4.69, 9.17) is 4.42 Å². The molecule has 0 N–H and O–H groups in total. The summed E-state index contributed by atoms with van der Waals surface area (Å²) in [5, 5.41) is 10.0. The fourth-order valence-corrected chi connectivity index (χ4v) is 9.30. The van der Waals surface area contributed by atoms with Gasteiger partial charge in [-0.1, -0.05) is 135 Å². The lowest BCUT2D eigenvalue weighted by atomic mass is 9.82. The van der Waals surface area contributed by atoms with E-state index in [-0.39, 0.29) is 5.41 Å². The normalized spacial score (nSPS) is 17.2. The minimum atomic E-state index is -0.154. The van der Waals surface area contributed by atoms with Gasteiger partial charge in [-0.2, -0.15) is 0 Å². The molecule has 3 aliphatic carbocycles. The van der Waals surface area contributed by atoms with Gasteiger partial charge in [0.2, 0.25) is 0 Å². The number of benzene rings is 7. The molecule has 1 aromatic heterocycles. The molecular weight excluding hydrogens is 619 g/mol. The highest BCUT2D eigenvalue weighted by Crippen LogP contribution is 2.54. The van der Waals surface area contributed by atoms with Gasteiger partial charge in [-0.15, -0.1) is 0 Å². The summed E-state index contributed by atoms with van der Waals surface area (Å²) < 4.78 is 6.69. The van der Waals surface area contributed by atoms with Crippen LogP contribution in [0.1, 0.15) is 31.4 Å². The molecule has 8 aromatic rings. The summed E-state index contributed by atoms with van der Waals surface area (Å²) >= 11 is 0. The summed E-state index contributed by atoms with van der Waals surface area (Å²) in [6.07, 6.45) is 14.7. The van der Waals surface area contributed by atoms with Gasteiger partial charge in [0.1, 0.15) is 11.2 Å². The highest BCUT2D eigenvalue weighted by molar-refractivity contribution is 6.25. The van der Waals surface area contributed by atoms with Crippen LogP contribution in [-0.4, -0.2) is 0 Å². The SMILES string of the molecule is CC1(C)c2ccc(N(C3=C4C=CC=CC4CC=C3)c3ccc4c5ccccc5c5ccccc5c4c3)cc2-c2c1ccc1c2oc2ccccc21. The standard InChI is InChI=1S/C49H35NO/c1-49(2)43-26-23-32(29-42(43)47-44(49)27-25-40-39-19-9-10-21-46(39)51-48(40)47)50(45-20-11-13-30-12-3-4-14-33(30)45)31-22-24-38-36-17-6-5-15-34(36)35-16-7-8-18-37(35)41(38)28-31/h3-12,14-30H,13H2,1-2H3. The Bertz CT molecular complexity index is 2890. The monoisotopic (exact) mass is 653 g/mol. The average Bonchev–Trinajstić information content (AvgIpc) is 3.67. The summed E-state index contributed by atoms with van der Waals surface area (Å²) in [7, 11) is 0. The number of furan rings is 1. The van der Waals surface area contributed by atoms with Crippen molar-refractivity contribution in [1.82, 2.24) is 0 Å². The van der Waals surface area contributed by atoms with Gasteiger partial charge in [0.25, 0.3) is 0 Å². The first-order valence-electron chi connectivity index (χ1n) is 18.0. The quantitative estimate of drug-likeness (QED) is 0.176. The molecule has 2 heteroatoms. The van der Waals surface area contributed by atoms with Gasteiger partial charge in [-0.3, -0.25) is 0 Å². The molecule has 1 unspecified atom stereocenters. The van der Waals surface area contributed by atoms with Gasteiger partial charge in [-0.05, 0) is 97.4 Å². The van der Waals surface area contributed by atoms with Crippen molar-refractivity contribution in [2.45, 2.75) is 25.7 Å². The number of nitrogens with zero attached hydrogens (tertiary/aromatic N) is 1. The fourth-order valence-electron chi connectivity index (χ4n) is 9.30. The topological polar surface area (TPSA) is 16.4 Å². The molecule has 11 rings (SSSR count). The van der Waals surface area contributed by atoms with E-state index in [1.807, 2.05) is 0 Å². The second kappa shape index (κ2) is 10.4. The lowest BCUT2D eigenvalue weighted by Crippen LogP contribution is -2.22. The molecule has 51 heavy (non-hydrogen) atoms. The lowest BCUT2D eigenvalue weighted by molar-refractivity contribution is 0.653. The maximum Gasteiger partial charge on any atom is 0.143 e. The van der Waals surface area contributed by atoms with Gasteiger partial charge in [0.05, 0.1) is 0 Å². The third-order valence-corrected chi connectivity index (χ3v) is 11.7. The van der Waals surface area contributed by atoms with Crippen LogP contribution in [0.25, 0.3) is 65.4 Å². The molecule has 0 saturated carbocycles. The number of allylic oxidation sites excluding steroid dienone is 7. The van der Waals surface area contributed by atoms with Crippen molar-refractivity contribution in [2.75, 3.05) is 4.90 Å². The molecule has 0 bridgehead atoms. The Kier molecular flexibility index (Phi) is 5.88. The lowest BCUT2D eigenvalue weighted by Gasteiger charge is -2.33. The van der Waals surface area contributed by atoms with Crippen molar-refractivity contribution < 1.29 is 4.42 Å². The van der Waals surface area contributed by atoms with Gasteiger partial charge in [0, 0.05) is 44.7 Å². The summed E-state index contributed by atoms with van der Waals surface area (Å²) in [5.41, 5.74) is 11.7. The number of fused-ring (bicyclic) bond motifs is 14. The summed E-state index contributed by atoms with van der Waals surface area (Å²) in [6, 6.07) is 44.9. The number of rotatable bonds is 3. The van der Waals surface area contributed by atoms with Crippen molar-refractivity contribution in [2.24, 2.45) is 5.92 Å². The molecule has 0 saturated heterocycles. The predicted octanol–water partition coefficient (Wildman–Crippen LogP) is 13.4. The second-order valence-corrected chi connectivity index (χ2v) is 14.8. The largest absolute Gasteiger partial charge is 0.455 e. The van der Waals surface area contributed by atoms with E-state index in [1.165, 1.54) is 71.2 Å². The van der Waals surface area contributed by atoms with Crippen LogP contribution in [0.3, 0.4) is 0 Å². The van der Waals surface area contributed by atoms with Crippen LogP contribution in [0.2, 0.25) is 0 Å². The number of anilines is 2. The first-order valence-corrected chi connectivity index (χ1v) is 18.0. The molecule has 0 spiro atoms. The molecule has 2 nitrogen and oxygen atoms in total. The predicted molar refractivity (Wildman–Crippen MR) is 215 cm³/mol. The Morgan fingerprint density at radius 3 is 2.00 bits per heavy atom. The van der Waals surface area contributed by atoms with E-state index in [9.17, 15) is 0 Å². The highest BCUT2D eigenvalue weighted by Gasteiger charge is 2.38. The molecule has 0 radical (unpaired) electrons. The molecule has 0 amide bonds. The maximum atomic E-state index is 6.69. The Morgan fingerprint density at radius 1 is 0.588 bits per heavy atom. The van der Waals surface area contributed by atoms with Crippen LogP contribution in [0.15, 0.2) is 173 Å². The van der Waals surface area contributed by atoms with Crippen molar-refractivity contribution >= 4 is 65.6 Å². The van der Waals surface area contributed by atoms with Crippen LogP contribution >= 0.6 is 0 Å². The van der Waals surface area contributed by atoms with E-state index < -0.39 is 0 Å². The Hall–Kier alpha value is -6.12. The van der Waals surface area contributed by atoms with Crippen molar-refractivity contribution in [3.05, 3.63) is 180 Å². The number of hydrogen-bond donors (Lipinski definition) is 0. The Labute approximate surface area is 296 Å². The van der Waals surface area contributed by atoms with Gasteiger partial charge >= 0.3 is 0 Å². The Balaban J connectivity index is 1.19. The van der Waals surface area contributed by atoms with Gasteiger partial charge < -0.3 is 9.32 Å². The third-order valence-electron chi connectivity index (χ3n) is 11.7. The zero-order valence-electron chi connectivity index (χ0n) is 28.7. The van der Waals surface area contributed by atoms with Crippen LogP contribution < -0.4 is 4.90 Å². The molecule has 7 aromatic carbocycles. The van der Waals surface area contributed by atoms with Gasteiger partial charge in [0.15, 0.2) is 0 Å². The molecule has 1 atom stereocenters. The van der Waals surface area contributed by atoms with E-state index in [0.717, 1.165) is 34.3 Å². The van der Waals surface area contributed by atoms with Crippen molar-refractivity contribution in [1.29, 1.82) is 0 Å². The molecule has 3 aliphatic rings. The minimum absolute atomic E-state index is 0.154. The molecule has 0 fully saturated rings.